The summed E-state index contributed by atoms with van der Waals surface area (Å²) < 4.78 is 15.7. The monoisotopic (exact) mass is 400 g/mol. The second kappa shape index (κ2) is 10.7. The van der Waals surface area contributed by atoms with Crippen molar-refractivity contribution < 1.29 is 28.6 Å². The summed E-state index contributed by atoms with van der Waals surface area (Å²) >= 11 is 0. The molecule has 0 heterocycles. The third kappa shape index (κ3) is 7.53. The zero-order chi connectivity index (χ0) is 21.2. The summed E-state index contributed by atoms with van der Waals surface area (Å²) in [6, 6.07) is 11.8. The van der Waals surface area contributed by atoms with Gasteiger partial charge in [-0.15, -0.1) is 0 Å². The van der Waals surface area contributed by atoms with Crippen molar-refractivity contribution in [2.45, 2.75) is 13.8 Å². The molecule has 8 heteroatoms. The van der Waals surface area contributed by atoms with Crippen LogP contribution >= 0.6 is 0 Å². The average molecular weight is 400 g/mol. The lowest BCUT2D eigenvalue weighted by Gasteiger charge is -2.11. The Hall–Kier alpha value is -3.55. The Labute approximate surface area is 168 Å². The van der Waals surface area contributed by atoms with Gasteiger partial charge in [0.05, 0.1) is 12.1 Å². The average Bonchev–Trinajstić information content (AvgIpc) is 2.69. The molecule has 0 aliphatic carbocycles. The molecular formula is C21H24N2O6. The molecule has 154 valence electrons. The third-order valence-electron chi connectivity index (χ3n) is 3.82. The van der Waals surface area contributed by atoms with Crippen molar-refractivity contribution in [2.24, 2.45) is 5.73 Å². The zero-order valence-electron chi connectivity index (χ0n) is 16.4. The van der Waals surface area contributed by atoms with Crippen LogP contribution in [0.5, 0.6) is 11.5 Å². The molecule has 2 amide bonds. The second-order valence-corrected chi connectivity index (χ2v) is 6.32. The molecule has 0 spiro atoms. The Bertz CT molecular complexity index is 864. The van der Waals surface area contributed by atoms with Crippen LogP contribution in [0, 0.1) is 13.8 Å². The number of nitrogens with two attached hydrogens (primary N) is 1. The molecular weight excluding hydrogens is 376 g/mol. The maximum atomic E-state index is 12.0. The van der Waals surface area contributed by atoms with Crippen LogP contribution in [0.2, 0.25) is 0 Å². The predicted octanol–water partition coefficient (Wildman–Crippen LogP) is 1.52. The maximum Gasteiger partial charge on any atom is 0.338 e. The minimum Gasteiger partial charge on any atom is -0.491 e. The summed E-state index contributed by atoms with van der Waals surface area (Å²) in [5, 5.41) is 2.62. The fourth-order valence-electron chi connectivity index (χ4n) is 2.42. The van der Waals surface area contributed by atoms with E-state index in [4.69, 9.17) is 19.9 Å². The van der Waals surface area contributed by atoms with Crippen LogP contribution in [-0.4, -0.2) is 44.1 Å². The number of carbonyl (C=O) groups excluding carboxylic acids is 3. The number of carbonyl (C=O) groups is 3. The first-order valence-electron chi connectivity index (χ1n) is 9.00. The van der Waals surface area contributed by atoms with Gasteiger partial charge in [-0.3, -0.25) is 9.59 Å². The number of hydrogen-bond donors (Lipinski definition) is 2. The van der Waals surface area contributed by atoms with E-state index < -0.39 is 24.4 Å². The van der Waals surface area contributed by atoms with Crippen LogP contribution in [0.3, 0.4) is 0 Å². The van der Waals surface area contributed by atoms with Crippen LogP contribution in [0.25, 0.3) is 0 Å². The van der Waals surface area contributed by atoms with Crippen molar-refractivity contribution in [2.75, 3.05) is 26.4 Å². The number of benzene rings is 2. The molecule has 0 aliphatic rings. The molecule has 3 N–H and O–H groups in total. The van der Waals surface area contributed by atoms with Crippen LogP contribution in [-0.2, 0) is 14.3 Å². The van der Waals surface area contributed by atoms with Gasteiger partial charge >= 0.3 is 5.97 Å². The van der Waals surface area contributed by atoms with Crippen molar-refractivity contribution in [3.63, 3.8) is 0 Å². The van der Waals surface area contributed by atoms with E-state index >= 15 is 0 Å². The topological polar surface area (TPSA) is 117 Å². The van der Waals surface area contributed by atoms with Gasteiger partial charge < -0.3 is 25.3 Å². The van der Waals surface area contributed by atoms with Gasteiger partial charge in [0, 0.05) is 0 Å². The first kappa shape index (κ1) is 21.7. The zero-order valence-corrected chi connectivity index (χ0v) is 16.4. The van der Waals surface area contributed by atoms with E-state index in [-0.39, 0.29) is 18.7 Å². The van der Waals surface area contributed by atoms with E-state index in [9.17, 15) is 14.4 Å². The van der Waals surface area contributed by atoms with Gasteiger partial charge in [-0.2, -0.15) is 0 Å². The number of aryl methyl sites for hydroxylation is 2. The van der Waals surface area contributed by atoms with E-state index in [2.05, 4.69) is 5.32 Å². The van der Waals surface area contributed by atoms with Gasteiger partial charge in [-0.25, -0.2) is 4.79 Å². The highest BCUT2D eigenvalue weighted by Crippen LogP contribution is 2.18. The lowest BCUT2D eigenvalue weighted by Crippen LogP contribution is -2.32. The molecule has 0 unspecified atom stereocenters. The molecule has 0 saturated carbocycles. The molecule has 0 aliphatic heterocycles. The second-order valence-electron chi connectivity index (χ2n) is 6.32. The van der Waals surface area contributed by atoms with E-state index in [1.807, 2.05) is 32.0 Å². The number of ether oxygens (including phenoxy) is 3. The minimum atomic E-state index is -0.645. The molecule has 29 heavy (non-hydrogen) atoms. The normalized spacial score (nSPS) is 10.1. The Kier molecular flexibility index (Phi) is 8.02. The van der Waals surface area contributed by atoms with Gasteiger partial charge in [-0.05, 0) is 49.7 Å². The minimum absolute atomic E-state index is 0.252. The molecule has 0 bridgehead atoms. The van der Waals surface area contributed by atoms with E-state index in [0.29, 0.717) is 12.4 Å². The highest BCUT2D eigenvalue weighted by atomic mass is 16.5. The SMILES string of the molecule is Cc1ccc(OCCNC(=O)COC(=O)c2ccc(OCC(N)=O)cc2)c(C)c1. The van der Waals surface area contributed by atoms with Gasteiger partial charge in [0.1, 0.15) is 18.1 Å². The Morgan fingerprint density at radius 3 is 2.34 bits per heavy atom. The van der Waals surface area contributed by atoms with Crippen LogP contribution < -0.4 is 20.5 Å². The number of rotatable bonds is 10. The molecule has 0 saturated heterocycles. The Morgan fingerprint density at radius 2 is 1.69 bits per heavy atom. The molecule has 2 rings (SSSR count). The Balaban J connectivity index is 1.67. The number of nitrogens with one attached hydrogen (secondary N) is 1. The lowest BCUT2D eigenvalue weighted by atomic mass is 10.1. The highest BCUT2D eigenvalue weighted by molar-refractivity contribution is 5.91. The maximum absolute atomic E-state index is 12.0. The fraction of sp³-hybridized carbons (Fsp3) is 0.286. The van der Waals surface area contributed by atoms with Crippen molar-refractivity contribution in [3.05, 3.63) is 59.2 Å². The summed E-state index contributed by atoms with van der Waals surface area (Å²) in [5.74, 6) is -0.516. The molecule has 8 nitrogen and oxygen atoms in total. The largest absolute Gasteiger partial charge is 0.491 e. The first-order chi connectivity index (χ1) is 13.8. The summed E-state index contributed by atoms with van der Waals surface area (Å²) in [7, 11) is 0. The van der Waals surface area contributed by atoms with Gasteiger partial charge in [-0.1, -0.05) is 17.7 Å². The molecule has 2 aromatic carbocycles. The standard InChI is InChI=1S/C21H24N2O6/c1-14-3-8-18(15(2)11-14)27-10-9-23-20(25)13-29-21(26)16-4-6-17(7-5-16)28-12-19(22)24/h3-8,11H,9-10,12-13H2,1-2H3,(H2,22,24)(H,23,25). The van der Waals surface area contributed by atoms with Crippen LogP contribution in [0.1, 0.15) is 21.5 Å². The molecule has 0 fully saturated rings. The van der Waals surface area contributed by atoms with Crippen molar-refractivity contribution in [3.8, 4) is 11.5 Å². The first-order valence-corrected chi connectivity index (χ1v) is 9.00. The molecule has 0 radical (unpaired) electrons. The fourth-order valence-corrected chi connectivity index (χ4v) is 2.42. The predicted molar refractivity (Wildman–Crippen MR) is 106 cm³/mol. The third-order valence-corrected chi connectivity index (χ3v) is 3.82. The summed E-state index contributed by atoms with van der Waals surface area (Å²) in [5.41, 5.74) is 7.41. The van der Waals surface area contributed by atoms with Crippen molar-refractivity contribution in [1.82, 2.24) is 5.32 Å². The van der Waals surface area contributed by atoms with Gasteiger partial charge in [0.15, 0.2) is 13.2 Å². The van der Waals surface area contributed by atoms with E-state index in [1.165, 1.54) is 24.3 Å². The van der Waals surface area contributed by atoms with Crippen molar-refractivity contribution in [1.29, 1.82) is 0 Å². The van der Waals surface area contributed by atoms with Gasteiger partial charge in [0.25, 0.3) is 11.8 Å². The summed E-state index contributed by atoms with van der Waals surface area (Å²) in [4.78, 5) is 34.4. The van der Waals surface area contributed by atoms with Crippen LogP contribution in [0.4, 0.5) is 0 Å². The smallest absolute Gasteiger partial charge is 0.338 e. The van der Waals surface area contributed by atoms with E-state index in [0.717, 1.165) is 16.9 Å². The summed E-state index contributed by atoms with van der Waals surface area (Å²) in [6.07, 6.45) is 0. The van der Waals surface area contributed by atoms with Gasteiger partial charge in [0.2, 0.25) is 0 Å². The molecule has 2 aromatic rings. The quantitative estimate of drug-likeness (QED) is 0.461. The highest BCUT2D eigenvalue weighted by Gasteiger charge is 2.10. The number of hydrogen-bond acceptors (Lipinski definition) is 6. The molecule has 0 atom stereocenters. The lowest BCUT2D eigenvalue weighted by molar-refractivity contribution is -0.124. The van der Waals surface area contributed by atoms with E-state index in [1.54, 1.807) is 0 Å². The Morgan fingerprint density at radius 1 is 0.966 bits per heavy atom. The van der Waals surface area contributed by atoms with Crippen LogP contribution in [0.15, 0.2) is 42.5 Å². The number of esters is 1. The van der Waals surface area contributed by atoms with Crippen molar-refractivity contribution >= 4 is 17.8 Å². The summed E-state index contributed by atoms with van der Waals surface area (Å²) in [6.45, 7) is 3.90. The molecule has 0 aromatic heterocycles. The number of primary amides is 1. The number of amides is 2.